The van der Waals surface area contributed by atoms with E-state index in [1.165, 1.54) is 31.2 Å². The summed E-state index contributed by atoms with van der Waals surface area (Å²) in [6.45, 7) is 0.722. The van der Waals surface area contributed by atoms with E-state index >= 15 is 0 Å². The maximum atomic E-state index is 12.9. The molecular formula is C13H17FO4S. The minimum atomic E-state index is -3.38. The van der Waals surface area contributed by atoms with E-state index < -0.39 is 45.5 Å². The second kappa shape index (κ2) is 4.85. The van der Waals surface area contributed by atoms with Crippen LogP contribution in [0, 0.1) is 11.2 Å². The molecule has 0 aliphatic heterocycles. The molecular weight excluding hydrogens is 271 g/mol. The lowest BCUT2D eigenvalue weighted by Crippen LogP contribution is -2.23. The van der Waals surface area contributed by atoms with Gasteiger partial charge in [-0.25, -0.2) is 12.8 Å². The molecule has 2 N–H and O–H groups in total. The first-order chi connectivity index (χ1) is 8.93. The van der Waals surface area contributed by atoms with E-state index in [0.717, 1.165) is 0 Å². The van der Waals surface area contributed by atoms with Crippen LogP contribution >= 0.6 is 0 Å². The Kier molecular flexibility index (Phi) is 3.68. The minimum absolute atomic E-state index is 0.0445. The van der Waals surface area contributed by atoms with Crippen molar-refractivity contribution in [3.8, 4) is 0 Å². The molecule has 1 aliphatic carbocycles. The Morgan fingerprint density at radius 2 is 1.74 bits per heavy atom. The molecule has 6 heteroatoms. The van der Waals surface area contributed by atoms with Crippen molar-refractivity contribution < 1.29 is 23.0 Å². The third-order valence-electron chi connectivity index (χ3n) is 3.99. The Morgan fingerprint density at radius 3 is 2.16 bits per heavy atom. The molecule has 106 valence electrons. The van der Waals surface area contributed by atoms with Crippen molar-refractivity contribution in [3.05, 3.63) is 35.6 Å². The van der Waals surface area contributed by atoms with Crippen molar-refractivity contribution in [2.45, 2.75) is 18.1 Å². The third kappa shape index (κ3) is 2.17. The standard InChI is InChI=1S/C13H17FO4S/c1-2-19(17,18)12-11(13(12,7-15)8-16)9-3-5-10(14)6-4-9/h3-6,11-12,15-16H,2,7-8H2,1H3/t11-,12+/m1/s1. The van der Waals surface area contributed by atoms with Crippen LogP contribution in [0.1, 0.15) is 18.4 Å². The second-order valence-electron chi connectivity index (χ2n) is 4.95. The molecule has 0 spiro atoms. The van der Waals surface area contributed by atoms with Crippen molar-refractivity contribution in [3.63, 3.8) is 0 Å². The Hall–Kier alpha value is -0.980. The second-order valence-corrected chi connectivity index (χ2v) is 7.36. The number of aliphatic hydroxyl groups excluding tert-OH is 2. The summed E-state index contributed by atoms with van der Waals surface area (Å²) in [6, 6.07) is 5.52. The van der Waals surface area contributed by atoms with Gasteiger partial charge in [0.1, 0.15) is 5.82 Å². The van der Waals surface area contributed by atoms with Crippen LogP contribution in [0.3, 0.4) is 0 Å². The molecule has 0 aromatic heterocycles. The molecule has 1 fully saturated rings. The number of hydrogen-bond donors (Lipinski definition) is 2. The highest BCUT2D eigenvalue weighted by molar-refractivity contribution is 7.92. The van der Waals surface area contributed by atoms with Gasteiger partial charge in [-0.1, -0.05) is 19.1 Å². The molecule has 1 aromatic carbocycles. The summed E-state index contributed by atoms with van der Waals surface area (Å²) in [5, 5.41) is 18.1. The first kappa shape index (κ1) is 14.4. The van der Waals surface area contributed by atoms with Gasteiger partial charge in [0.2, 0.25) is 0 Å². The van der Waals surface area contributed by atoms with Crippen LogP contribution in [0.2, 0.25) is 0 Å². The summed E-state index contributed by atoms with van der Waals surface area (Å²) >= 11 is 0. The third-order valence-corrected chi connectivity index (χ3v) is 6.31. The average molecular weight is 288 g/mol. The maximum absolute atomic E-state index is 12.9. The molecule has 1 saturated carbocycles. The van der Waals surface area contributed by atoms with E-state index in [9.17, 15) is 23.0 Å². The summed E-state index contributed by atoms with van der Waals surface area (Å²) in [7, 11) is -3.38. The topological polar surface area (TPSA) is 74.6 Å². The van der Waals surface area contributed by atoms with Crippen molar-refractivity contribution in [1.82, 2.24) is 0 Å². The highest BCUT2D eigenvalue weighted by atomic mass is 32.2. The van der Waals surface area contributed by atoms with Crippen LogP contribution in [0.5, 0.6) is 0 Å². The first-order valence-electron chi connectivity index (χ1n) is 6.11. The molecule has 1 aliphatic rings. The first-order valence-corrected chi connectivity index (χ1v) is 7.83. The Bertz CT molecular complexity index is 549. The molecule has 1 aromatic rings. The normalized spacial score (nSPS) is 25.3. The van der Waals surface area contributed by atoms with E-state index in [4.69, 9.17) is 0 Å². The lowest BCUT2D eigenvalue weighted by molar-refractivity contribution is 0.130. The molecule has 19 heavy (non-hydrogen) atoms. The summed E-state index contributed by atoms with van der Waals surface area (Å²) < 4.78 is 37.0. The van der Waals surface area contributed by atoms with Crippen LogP contribution in [-0.4, -0.2) is 42.8 Å². The number of rotatable bonds is 5. The summed E-state index contributed by atoms with van der Waals surface area (Å²) in [5.74, 6) is -0.928. The van der Waals surface area contributed by atoms with Crippen LogP contribution < -0.4 is 0 Å². The molecule has 0 heterocycles. The van der Waals surface area contributed by atoms with Crippen molar-refractivity contribution in [1.29, 1.82) is 0 Å². The van der Waals surface area contributed by atoms with Gasteiger partial charge in [0.15, 0.2) is 9.84 Å². The summed E-state index contributed by atoms with van der Waals surface area (Å²) in [4.78, 5) is 0. The summed E-state index contributed by atoms with van der Waals surface area (Å²) in [6.07, 6.45) is 0. The van der Waals surface area contributed by atoms with Gasteiger partial charge in [0.25, 0.3) is 0 Å². The van der Waals surface area contributed by atoms with Crippen LogP contribution in [0.25, 0.3) is 0 Å². The average Bonchev–Trinajstić information content (AvgIpc) is 3.10. The Morgan fingerprint density at radius 1 is 1.21 bits per heavy atom. The zero-order valence-electron chi connectivity index (χ0n) is 10.6. The van der Waals surface area contributed by atoms with Crippen LogP contribution in [0.4, 0.5) is 4.39 Å². The molecule has 0 radical (unpaired) electrons. The van der Waals surface area contributed by atoms with Gasteiger partial charge < -0.3 is 10.2 Å². The van der Waals surface area contributed by atoms with Gasteiger partial charge in [0, 0.05) is 17.1 Å². The van der Waals surface area contributed by atoms with E-state index in [0.29, 0.717) is 5.56 Å². The number of aliphatic hydroxyl groups is 2. The molecule has 2 atom stereocenters. The highest BCUT2D eigenvalue weighted by Gasteiger charge is 2.69. The molecule has 2 rings (SSSR count). The molecule has 0 bridgehead atoms. The monoisotopic (exact) mass is 288 g/mol. The van der Waals surface area contributed by atoms with Crippen LogP contribution in [0.15, 0.2) is 24.3 Å². The van der Waals surface area contributed by atoms with Crippen LogP contribution in [-0.2, 0) is 9.84 Å². The molecule has 0 amide bonds. The minimum Gasteiger partial charge on any atom is -0.396 e. The fourth-order valence-electron chi connectivity index (χ4n) is 2.80. The number of benzene rings is 1. The Labute approximate surface area is 111 Å². The predicted octanol–water partition coefficient (Wildman–Crippen LogP) is 0.697. The number of sulfone groups is 1. The zero-order valence-corrected chi connectivity index (χ0v) is 11.4. The van der Waals surface area contributed by atoms with Crippen molar-refractivity contribution in [2.75, 3.05) is 19.0 Å². The van der Waals surface area contributed by atoms with E-state index in [1.54, 1.807) is 0 Å². The van der Waals surface area contributed by atoms with Gasteiger partial charge in [-0.15, -0.1) is 0 Å². The van der Waals surface area contributed by atoms with Crippen molar-refractivity contribution in [2.24, 2.45) is 5.41 Å². The van der Waals surface area contributed by atoms with Gasteiger partial charge in [-0.3, -0.25) is 0 Å². The molecule has 4 nitrogen and oxygen atoms in total. The SMILES string of the molecule is CCS(=O)(=O)[C@H]1[C@@H](c2ccc(F)cc2)C1(CO)CO. The van der Waals surface area contributed by atoms with E-state index in [1.807, 2.05) is 0 Å². The predicted molar refractivity (Wildman–Crippen MR) is 69.0 cm³/mol. The van der Waals surface area contributed by atoms with Crippen molar-refractivity contribution >= 4 is 9.84 Å². The Balaban J connectivity index is 2.42. The fourth-order valence-corrected chi connectivity index (χ4v) is 4.94. The summed E-state index contributed by atoms with van der Waals surface area (Å²) in [5.41, 5.74) is -0.418. The maximum Gasteiger partial charge on any atom is 0.154 e. The van der Waals surface area contributed by atoms with Gasteiger partial charge in [0.05, 0.1) is 18.5 Å². The van der Waals surface area contributed by atoms with Gasteiger partial charge >= 0.3 is 0 Å². The van der Waals surface area contributed by atoms with Gasteiger partial charge in [-0.05, 0) is 17.7 Å². The molecule has 0 unspecified atom stereocenters. The smallest absolute Gasteiger partial charge is 0.154 e. The van der Waals surface area contributed by atoms with E-state index in [2.05, 4.69) is 0 Å². The van der Waals surface area contributed by atoms with Gasteiger partial charge in [-0.2, -0.15) is 0 Å². The zero-order chi connectivity index (χ0) is 14.3. The fraction of sp³-hybridized carbons (Fsp3) is 0.538. The molecule has 0 saturated heterocycles. The lowest BCUT2D eigenvalue weighted by Gasteiger charge is -2.10. The lowest BCUT2D eigenvalue weighted by atomic mass is 10.0. The van der Waals surface area contributed by atoms with E-state index in [-0.39, 0.29) is 5.75 Å². The number of hydrogen-bond acceptors (Lipinski definition) is 4. The largest absolute Gasteiger partial charge is 0.396 e. The highest BCUT2D eigenvalue weighted by Crippen LogP contribution is 2.62. The number of halogens is 1. The quantitative estimate of drug-likeness (QED) is 0.836.